The number of carbonyl (C=O) groups is 1. The molecule has 1 aromatic heterocycles. The van der Waals surface area contributed by atoms with Crippen LogP contribution in [0.5, 0.6) is 11.5 Å². The molecule has 4 aromatic carbocycles. The number of nitrogens with zero attached hydrogens (tertiary/aromatic N) is 3. The molecule has 0 fully saturated rings. The van der Waals surface area contributed by atoms with Crippen LogP contribution in [0.15, 0.2) is 113 Å². The molecule has 6 rings (SSSR count). The predicted octanol–water partition coefficient (Wildman–Crippen LogP) is 8.39. The van der Waals surface area contributed by atoms with E-state index >= 15 is 0 Å². The Morgan fingerprint density at radius 2 is 1.62 bits per heavy atom. The molecule has 11 heteroatoms. The minimum absolute atomic E-state index is 0.263. The Hall–Kier alpha value is -4.44. The molecule has 1 amide bonds. The first-order valence-corrected chi connectivity index (χ1v) is 15.9. The van der Waals surface area contributed by atoms with Gasteiger partial charge in [0, 0.05) is 32.7 Å². The number of hydrogen-bond acceptors (Lipinski definition) is 7. The van der Waals surface area contributed by atoms with Crippen LogP contribution in [0.1, 0.15) is 29.7 Å². The van der Waals surface area contributed by atoms with Crippen LogP contribution in [-0.4, -0.2) is 27.8 Å². The SMILES string of the molecule is COc1cc(C2C(C(=O)Nc3ccccc3)=C(C)Nc3nc(SCc4ccccc4Cl)nn32)ccc1OCc1ccccc1Cl. The zero-order valence-electron chi connectivity index (χ0n) is 24.5. The number of aromatic nitrogens is 3. The highest BCUT2D eigenvalue weighted by Gasteiger charge is 2.35. The fraction of sp³-hybridized carbons (Fsp3) is 0.147. The van der Waals surface area contributed by atoms with E-state index in [1.54, 1.807) is 11.8 Å². The number of methoxy groups -OCH3 is 1. The first-order chi connectivity index (χ1) is 21.9. The van der Waals surface area contributed by atoms with Crippen molar-refractivity contribution >= 4 is 52.5 Å². The Morgan fingerprint density at radius 3 is 2.33 bits per heavy atom. The van der Waals surface area contributed by atoms with E-state index in [2.05, 4.69) is 10.6 Å². The van der Waals surface area contributed by atoms with Gasteiger partial charge >= 0.3 is 0 Å². The van der Waals surface area contributed by atoms with E-state index in [-0.39, 0.29) is 12.5 Å². The van der Waals surface area contributed by atoms with Crippen LogP contribution in [0.25, 0.3) is 0 Å². The second-order valence-electron chi connectivity index (χ2n) is 10.2. The summed E-state index contributed by atoms with van der Waals surface area (Å²) in [5.74, 6) is 1.90. The number of nitrogens with one attached hydrogen (secondary N) is 2. The van der Waals surface area contributed by atoms with Gasteiger partial charge in [-0.25, -0.2) is 4.68 Å². The molecule has 0 saturated heterocycles. The zero-order valence-corrected chi connectivity index (χ0v) is 26.8. The number of fused-ring (bicyclic) bond motifs is 1. The maximum Gasteiger partial charge on any atom is 0.255 e. The predicted molar refractivity (Wildman–Crippen MR) is 179 cm³/mol. The topological polar surface area (TPSA) is 90.3 Å². The molecule has 0 aliphatic carbocycles. The Balaban J connectivity index is 1.35. The van der Waals surface area contributed by atoms with Crippen LogP contribution in [0.4, 0.5) is 11.6 Å². The first-order valence-electron chi connectivity index (χ1n) is 14.1. The summed E-state index contributed by atoms with van der Waals surface area (Å²) in [6.07, 6.45) is 0. The molecule has 1 atom stereocenters. The number of anilines is 2. The molecule has 1 aliphatic heterocycles. The van der Waals surface area contributed by atoms with Crippen LogP contribution in [0.3, 0.4) is 0 Å². The van der Waals surface area contributed by atoms with Crippen LogP contribution in [0, 0.1) is 0 Å². The number of hydrogen-bond donors (Lipinski definition) is 2. The second-order valence-corrected chi connectivity index (χ2v) is 12.0. The van der Waals surface area contributed by atoms with E-state index in [1.807, 2.05) is 104 Å². The van der Waals surface area contributed by atoms with E-state index < -0.39 is 6.04 Å². The Bertz CT molecular complexity index is 1880. The standard InChI is InChI=1S/C34H29Cl2N5O3S/c1-21-30(32(42)38-25-12-4-3-5-13-25)31(41-33(37-21)39-34(40-41)45-20-24-11-7-9-15-27(24)36)22-16-17-28(29(18-22)43-2)44-19-23-10-6-8-14-26(23)35/h3-18,31H,19-20H2,1-2H3,(H,38,42)(H,37,39,40). The molecule has 2 heterocycles. The lowest BCUT2D eigenvalue weighted by molar-refractivity contribution is -0.113. The lowest BCUT2D eigenvalue weighted by Gasteiger charge is -2.29. The molecule has 45 heavy (non-hydrogen) atoms. The number of rotatable bonds is 10. The average molecular weight is 659 g/mol. The van der Waals surface area contributed by atoms with Crippen molar-refractivity contribution in [3.8, 4) is 11.5 Å². The largest absolute Gasteiger partial charge is 0.493 e. The third-order valence-corrected chi connectivity index (χ3v) is 8.89. The monoisotopic (exact) mass is 657 g/mol. The van der Waals surface area contributed by atoms with Crippen molar-refractivity contribution in [3.05, 3.63) is 135 Å². The molecule has 1 aliphatic rings. The average Bonchev–Trinajstić information content (AvgIpc) is 3.46. The molecule has 0 radical (unpaired) electrons. The smallest absolute Gasteiger partial charge is 0.255 e. The molecule has 0 saturated carbocycles. The fourth-order valence-electron chi connectivity index (χ4n) is 5.02. The summed E-state index contributed by atoms with van der Waals surface area (Å²) in [4.78, 5) is 18.6. The molecular weight excluding hydrogens is 629 g/mol. The second kappa shape index (κ2) is 13.7. The quantitative estimate of drug-likeness (QED) is 0.146. The van der Waals surface area contributed by atoms with Crippen molar-refractivity contribution < 1.29 is 14.3 Å². The summed E-state index contributed by atoms with van der Waals surface area (Å²) in [5, 5.41) is 13.0. The number of carbonyl (C=O) groups excluding carboxylic acids is 1. The van der Waals surface area contributed by atoms with Crippen LogP contribution in [-0.2, 0) is 17.2 Å². The highest BCUT2D eigenvalue weighted by Crippen LogP contribution is 2.40. The van der Waals surface area contributed by atoms with E-state index in [4.69, 9.17) is 42.8 Å². The van der Waals surface area contributed by atoms with Gasteiger partial charge in [-0.05, 0) is 54.4 Å². The number of amides is 1. The molecule has 228 valence electrons. The Kier molecular flexibility index (Phi) is 9.30. The van der Waals surface area contributed by atoms with E-state index in [0.717, 1.165) is 16.7 Å². The highest BCUT2D eigenvalue weighted by molar-refractivity contribution is 7.98. The summed E-state index contributed by atoms with van der Waals surface area (Å²) in [6.45, 7) is 2.13. The van der Waals surface area contributed by atoms with Gasteiger partial charge in [-0.2, -0.15) is 4.98 Å². The van der Waals surface area contributed by atoms with Gasteiger partial charge < -0.3 is 20.1 Å². The molecule has 8 nitrogen and oxygen atoms in total. The Morgan fingerprint density at radius 1 is 0.933 bits per heavy atom. The van der Waals surface area contributed by atoms with Crippen molar-refractivity contribution in [1.82, 2.24) is 14.8 Å². The Labute approximate surface area is 275 Å². The van der Waals surface area contributed by atoms with Crippen molar-refractivity contribution in [2.75, 3.05) is 17.7 Å². The van der Waals surface area contributed by atoms with Gasteiger partial charge in [0.15, 0.2) is 11.5 Å². The summed E-state index contributed by atoms with van der Waals surface area (Å²) in [6, 6.07) is 29.5. The molecular formula is C34H29Cl2N5O3S. The maximum atomic E-state index is 13.9. The number of ether oxygens (including phenoxy) is 2. The minimum Gasteiger partial charge on any atom is -0.493 e. The van der Waals surface area contributed by atoms with Crippen LogP contribution in [0.2, 0.25) is 10.0 Å². The molecule has 0 bridgehead atoms. The minimum atomic E-state index is -0.612. The van der Waals surface area contributed by atoms with Gasteiger partial charge in [-0.3, -0.25) is 4.79 Å². The van der Waals surface area contributed by atoms with E-state index in [0.29, 0.717) is 55.4 Å². The van der Waals surface area contributed by atoms with Crippen molar-refractivity contribution in [2.45, 2.75) is 30.5 Å². The number of allylic oxidation sites excluding steroid dienone is 1. The van der Waals surface area contributed by atoms with Crippen molar-refractivity contribution in [2.24, 2.45) is 0 Å². The number of para-hydroxylation sites is 1. The molecule has 5 aromatic rings. The van der Waals surface area contributed by atoms with Gasteiger partial charge in [0.2, 0.25) is 11.1 Å². The third kappa shape index (κ3) is 6.81. The van der Waals surface area contributed by atoms with Crippen LogP contribution < -0.4 is 20.1 Å². The number of thioether (sulfide) groups is 1. The maximum absolute atomic E-state index is 13.9. The number of halogens is 2. The summed E-state index contributed by atoms with van der Waals surface area (Å²) in [5.41, 5.74) is 4.44. The van der Waals surface area contributed by atoms with Crippen LogP contribution >= 0.6 is 35.0 Å². The fourth-order valence-corrected chi connectivity index (χ4v) is 6.32. The van der Waals surface area contributed by atoms with Gasteiger partial charge in [0.05, 0.1) is 12.7 Å². The van der Waals surface area contributed by atoms with Gasteiger partial charge in [-0.1, -0.05) is 95.6 Å². The normalized spacial score (nSPS) is 14.0. The summed E-state index contributed by atoms with van der Waals surface area (Å²) < 4.78 is 13.6. The number of benzene rings is 4. The van der Waals surface area contributed by atoms with Gasteiger partial charge in [0.1, 0.15) is 12.6 Å². The first kappa shape index (κ1) is 30.6. The lowest BCUT2D eigenvalue weighted by Crippen LogP contribution is -2.31. The molecule has 1 unspecified atom stereocenters. The highest BCUT2D eigenvalue weighted by atomic mass is 35.5. The summed E-state index contributed by atoms with van der Waals surface area (Å²) >= 11 is 14.2. The van der Waals surface area contributed by atoms with Gasteiger partial charge in [0.25, 0.3) is 5.91 Å². The van der Waals surface area contributed by atoms with E-state index in [9.17, 15) is 4.79 Å². The van der Waals surface area contributed by atoms with E-state index in [1.165, 1.54) is 11.8 Å². The summed E-state index contributed by atoms with van der Waals surface area (Å²) in [7, 11) is 1.58. The van der Waals surface area contributed by atoms with Crippen molar-refractivity contribution in [3.63, 3.8) is 0 Å². The zero-order chi connectivity index (χ0) is 31.3. The van der Waals surface area contributed by atoms with Gasteiger partial charge in [-0.15, -0.1) is 5.10 Å². The van der Waals surface area contributed by atoms with Crippen molar-refractivity contribution in [1.29, 1.82) is 0 Å². The molecule has 0 spiro atoms. The lowest BCUT2D eigenvalue weighted by atomic mass is 9.94. The third-order valence-electron chi connectivity index (χ3n) is 7.27. The molecule has 2 N–H and O–H groups in total.